The second-order valence-electron chi connectivity index (χ2n) is 7.22. The Hall–Kier alpha value is -0.810. The fourth-order valence-electron chi connectivity index (χ4n) is 4.28. The van der Waals surface area contributed by atoms with Gasteiger partial charge in [0, 0.05) is 44.9 Å². The summed E-state index contributed by atoms with van der Waals surface area (Å²) in [5.41, 5.74) is 1.13. The first-order valence-electron chi connectivity index (χ1n) is 9.23. The van der Waals surface area contributed by atoms with Gasteiger partial charge in [0.2, 0.25) is 0 Å². The molecule has 0 spiro atoms. The molecule has 1 saturated carbocycles. The molecule has 0 amide bonds. The van der Waals surface area contributed by atoms with Crippen LogP contribution in [0, 0.1) is 0 Å². The summed E-state index contributed by atoms with van der Waals surface area (Å²) in [4.78, 5) is 5.11. The quantitative estimate of drug-likeness (QED) is 0.854. The molecule has 2 fully saturated rings. The maximum atomic E-state index is 9.56. The second-order valence-corrected chi connectivity index (χ2v) is 7.62. The van der Waals surface area contributed by atoms with Gasteiger partial charge in [0.25, 0.3) is 0 Å². The molecular weight excluding hydrogens is 324 g/mol. The third-order valence-electron chi connectivity index (χ3n) is 5.54. The molecule has 1 aliphatic carbocycles. The van der Waals surface area contributed by atoms with Gasteiger partial charge in [-0.1, -0.05) is 36.9 Å². The van der Waals surface area contributed by atoms with Gasteiger partial charge >= 0.3 is 0 Å². The lowest BCUT2D eigenvalue weighted by molar-refractivity contribution is 0.0137. The van der Waals surface area contributed by atoms with Gasteiger partial charge in [-0.05, 0) is 37.0 Å². The molecule has 1 atom stereocenters. The molecule has 4 nitrogen and oxygen atoms in total. The normalized spacial score (nSPS) is 24.3. The van der Waals surface area contributed by atoms with E-state index < -0.39 is 0 Å². The highest BCUT2D eigenvalue weighted by Crippen LogP contribution is 2.28. The van der Waals surface area contributed by atoms with E-state index in [4.69, 9.17) is 11.6 Å². The zero-order valence-corrected chi connectivity index (χ0v) is 15.1. The number of phenols is 1. The zero-order chi connectivity index (χ0) is 16.9. The molecular formula is C19H29ClN2O2. The van der Waals surface area contributed by atoms with E-state index in [1.165, 1.54) is 32.1 Å². The van der Waals surface area contributed by atoms with Crippen molar-refractivity contribution in [1.29, 1.82) is 0 Å². The van der Waals surface area contributed by atoms with Gasteiger partial charge in [0.1, 0.15) is 5.75 Å². The van der Waals surface area contributed by atoms with Gasteiger partial charge < -0.3 is 10.2 Å². The van der Waals surface area contributed by atoms with Crippen LogP contribution in [0.15, 0.2) is 18.2 Å². The van der Waals surface area contributed by atoms with E-state index in [0.29, 0.717) is 17.1 Å². The SMILES string of the molecule is OCC[C@@H]1CN(Cc2ccc(O)c(Cl)c2)CCN1C1CCCCC1. The molecule has 1 aliphatic heterocycles. The first-order chi connectivity index (χ1) is 11.7. The average Bonchev–Trinajstić information content (AvgIpc) is 2.60. The summed E-state index contributed by atoms with van der Waals surface area (Å²) >= 11 is 6.02. The van der Waals surface area contributed by atoms with Crippen LogP contribution in [0.2, 0.25) is 5.02 Å². The number of hydrogen-bond donors (Lipinski definition) is 2. The van der Waals surface area contributed by atoms with Crippen LogP contribution in [0.3, 0.4) is 0 Å². The van der Waals surface area contributed by atoms with Gasteiger partial charge in [0.15, 0.2) is 0 Å². The van der Waals surface area contributed by atoms with Crippen LogP contribution in [0.4, 0.5) is 0 Å². The van der Waals surface area contributed by atoms with Crippen molar-refractivity contribution in [2.45, 2.75) is 57.2 Å². The number of phenolic OH excluding ortho intramolecular Hbond substituents is 1. The summed E-state index contributed by atoms with van der Waals surface area (Å²) in [7, 11) is 0. The molecule has 5 heteroatoms. The Morgan fingerprint density at radius 2 is 1.92 bits per heavy atom. The summed E-state index contributed by atoms with van der Waals surface area (Å²) < 4.78 is 0. The minimum Gasteiger partial charge on any atom is -0.506 e. The molecule has 24 heavy (non-hydrogen) atoms. The molecule has 134 valence electrons. The van der Waals surface area contributed by atoms with E-state index in [9.17, 15) is 10.2 Å². The van der Waals surface area contributed by atoms with Crippen LogP contribution in [0.25, 0.3) is 0 Å². The number of benzene rings is 1. The molecule has 2 aliphatic rings. The number of piperazine rings is 1. The molecule has 1 aromatic rings. The van der Waals surface area contributed by atoms with Crippen molar-refractivity contribution in [1.82, 2.24) is 9.80 Å². The Kier molecular flexibility index (Phi) is 6.39. The summed E-state index contributed by atoms with van der Waals surface area (Å²) in [5, 5.41) is 19.5. The topological polar surface area (TPSA) is 46.9 Å². The standard InChI is InChI=1S/C19H29ClN2O2/c20-18-12-15(6-7-19(18)24)13-21-9-10-22(17(14-21)8-11-23)16-4-2-1-3-5-16/h6-7,12,16-17,23-24H,1-5,8-11,13-14H2/t17-/m1/s1. The van der Waals surface area contributed by atoms with E-state index in [1.807, 2.05) is 12.1 Å². The minimum atomic E-state index is 0.140. The van der Waals surface area contributed by atoms with Crippen LogP contribution in [-0.2, 0) is 6.54 Å². The van der Waals surface area contributed by atoms with Crippen molar-refractivity contribution in [3.63, 3.8) is 0 Å². The fourth-order valence-corrected chi connectivity index (χ4v) is 4.49. The number of aliphatic hydroxyl groups is 1. The van der Waals surface area contributed by atoms with Crippen molar-refractivity contribution < 1.29 is 10.2 Å². The van der Waals surface area contributed by atoms with Gasteiger partial charge in [-0.15, -0.1) is 0 Å². The van der Waals surface area contributed by atoms with E-state index in [0.717, 1.165) is 38.2 Å². The predicted molar refractivity (Wildman–Crippen MR) is 97.5 cm³/mol. The monoisotopic (exact) mass is 352 g/mol. The lowest BCUT2D eigenvalue weighted by Gasteiger charge is -2.46. The van der Waals surface area contributed by atoms with Gasteiger partial charge in [-0.2, -0.15) is 0 Å². The number of halogens is 1. The largest absolute Gasteiger partial charge is 0.506 e. The molecule has 0 unspecified atom stereocenters. The minimum absolute atomic E-state index is 0.140. The van der Waals surface area contributed by atoms with Crippen molar-refractivity contribution in [2.24, 2.45) is 0 Å². The van der Waals surface area contributed by atoms with Crippen LogP contribution in [0.5, 0.6) is 5.75 Å². The number of aliphatic hydroxyl groups excluding tert-OH is 1. The Morgan fingerprint density at radius 3 is 2.62 bits per heavy atom. The van der Waals surface area contributed by atoms with Crippen molar-refractivity contribution in [3.05, 3.63) is 28.8 Å². The highest BCUT2D eigenvalue weighted by molar-refractivity contribution is 6.32. The first kappa shape index (κ1) is 18.0. The Morgan fingerprint density at radius 1 is 1.12 bits per heavy atom. The van der Waals surface area contributed by atoms with E-state index >= 15 is 0 Å². The third kappa shape index (κ3) is 4.42. The molecule has 0 aromatic heterocycles. The molecule has 0 bridgehead atoms. The summed E-state index contributed by atoms with van der Waals surface area (Å²) in [6.07, 6.45) is 7.56. The Balaban J connectivity index is 1.62. The molecule has 3 rings (SSSR count). The van der Waals surface area contributed by atoms with Gasteiger partial charge in [0.05, 0.1) is 5.02 Å². The smallest absolute Gasteiger partial charge is 0.134 e. The van der Waals surface area contributed by atoms with Gasteiger partial charge in [-0.3, -0.25) is 9.80 Å². The molecule has 0 radical (unpaired) electrons. The maximum absolute atomic E-state index is 9.56. The summed E-state index contributed by atoms with van der Waals surface area (Å²) in [6.45, 7) is 4.24. The van der Waals surface area contributed by atoms with Crippen LogP contribution < -0.4 is 0 Å². The van der Waals surface area contributed by atoms with Gasteiger partial charge in [-0.25, -0.2) is 0 Å². The number of aromatic hydroxyl groups is 1. The van der Waals surface area contributed by atoms with Crippen LogP contribution in [0.1, 0.15) is 44.1 Å². The van der Waals surface area contributed by atoms with Crippen LogP contribution >= 0.6 is 11.6 Å². The van der Waals surface area contributed by atoms with Crippen molar-refractivity contribution in [3.8, 4) is 5.75 Å². The molecule has 1 heterocycles. The van der Waals surface area contributed by atoms with E-state index in [-0.39, 0.29) is 12.4 Å². The number of hydrogen-bond acceptors (Lipinski definition) is 4. The average molecular weight is 353 g/mol. The molecule has 1 saturated heterocycles. The number of rotatable bonds is 5. The first-order valence-corrected chi connectivity index (χ1v) is 9.61. The highest BCUT2D eigenvalue weighted by Gasteiger charge is 2.32. The summed E-state index contributed by atoms with van der Waals surface area (Å²) in [6, 6.07) is 6.61. The second kappa shape index (κ2) is 8.52. The molecule has 2 N–H and O–H groups in total. The predicted octanol–water partition coefficient (Wildman–Crippen LogP) is 3.25. The van der Waals surface area contributed by atoms with E-state index in [2.05, 4.69) is 9.80 Å². The Bertz CT molecular complexity index is 534. The third-order valence-corrected chi connectivity index (χ3v) is 5.84. The number of nitrogens with zero attached hydrogens (tertiary/aromatic N) is 2. The lowest BCUT2D eigenvalue weighted by atomic mass is 9.91. The summed E-state index contributed by atoms with van der Waals surface area (Å²) in [5.74, 6) is 0.140. The molecule has 1 aromatic carbocycles. The zero-order valence-electron chi connectivity index (χ0n) is 14.3. The maximum Gasteiger partial charge on any atom is 0.134 e. The van der Waals surface area contributed by atoms with Crippen molar-refractivity contribution >= 4 is 11.6 Å². The Labute approximate surface area is 150 Å². The van der Waals surface area contributed by atoms with Crippen molar-refractivity contribution in [2.75, 3.05) is 26.2 Å². The van der Waals surface area contributed by atoms with E-state index in [1.54, 1.807) is 6.07 Å². The van der Waals surface area contributed by atoms with Crippen LogP contribution in [-0.4, -0.2) is 58.3 Å². The fraction of sp³-hybridized carbons (Fsp3) is 0.684. The lowest BCUT2D eigenvalue weighted by Crippen LogP contribution is -2.56. The highest BCUT2D eigenvalue weighted by atomic mass is 35.5.